The second-order valence-electron chi connectivity index (χ2n) is 17.4. The number of nitrogens with two attached hydrogens (primary N) is 1. The first-order chi connectivity index (χ1) is 30.3. The van der Waals surface area contributed by atoms with E-state index in [-0.39, 0.29) is 38.6 Å². The molecule has 0 spiro atoms. The molecule has 0 aliphatic rings. The number of phosphoric acid groups is 1. The molecule has 0 rings (SSSR count). The first-order valence-electron chi connectivity index (χ1n) is 26.0. The van der Waals surface area contributed by atoms with Crippen molar-refractivity contribution in [1.29, 1.82) is 0 Å². The Bertz CT molecular complexity index is 1110. The van der Waals surface area contributed by atoms with Gasteiger partial charge in [-0.05, 0) is 70.6 Å². The van der Waals surface area contributed by atoms with E-state index in [2.05, 4.69) is 50.3 Å². The summed E-state index contributed by atoms with van der Waals surface area (Å²) in [6, 6.07) is 0. The second kappa shape index (κ2) is 48.7. The Labute approximate surface area is 382 Å². The molecular weight excluding hydrogens is 798 g/mol. The van der Waals surface area contributed by atoms with Crippen LogP contribution in [-0.2, 0) is 32.7 Å². The van der Waals surface area contributed by atoms with Gasteiger partial charge in [0, 0.05) is 19.4 Å². The van der Waals surface area contributed by atoms with E-state index < -0.39 is 26.5 Å². The molecule has 364 valence electrons. The topological polar surface area (TPSA) is 134 Å². The Morgan fingerprint density at radius 3 is 1.24 bits per heavy atom. The minimum Gasteiger partial charge on any atom is -0.462 e. The molecule has 9 nitrogen and oxygen atoms in total. The highest BCUT2D eigenvalue weighted by molar-refractivity contribution is 7.47. The van der Waals surface area contributed by atoms with Gasteiger partial charge in [0.15, 0.2) is 6.10 Å². The van der Waals surface area contributed by atoms with Gasteiger partial charge in [0.2, 0.25) is 0 Å². The van der Waals surface area contributed by atoms with Crippen LogP contribution in [0.4, 0.5) is 0 Å². The lowest BCUT2D eigenvalue weighted by Crippen LogP contribution is -2.29. The smallest absolute Gasteiger partial charge is 0.462 e. The number of hydrogen-bond acceptors (Lipinski definition) is 8. The number of carbonyl (C=O) groups excluding carboxylic acids is 2. The highest BCUT2D eigenvalue weighted by atomic mass is 31.2. The molecule has 0 aliphatic carbocycles. The molecule has 0 saturated heterocycles. The van der Waals surface area contributed by atoms with Crippen LogP contribution in [-0.4, -0.2) is 49.3 Å². The first kappa shape index (κ1) is 60.2. The molecule has 0 aromatic rings. The molecule has 0 saturated carbocycles. The summed E-state index contributed by atoms with van der Waals surface area (Å²) in [5.74, 6) is -0.830. The summed E-state index contributed by atoms with van der Waals surface area (Å²) in [5.41, 5.74) is 5.36. The summed E-state index contributed by atoms with van der Waals surface area (Å²) in [4.78, 5) is 35.0. The zero-order valence-electron chi connectivity index (χ0n) is 40.4. The molecule has 0 aliphatic heterocycles. The number of allylic oxidation sites excluding steroid dienone is 6. The number of esters is 2. The third kappa shape index (κ3) is 47.7. The van der Waals surface area contributed by atoms with E-state index in [9.17, 15) is 19.0 Å². The molecule has 0 fully saturated rings. The fourth-order valence-corrected chi connectivity index (χ4v) is 8.13. The molecule has 2 unspecified atom stereocenters. The van der Waals surface area contributed by atoms with Gasteiger partial charge in [0.1, 0.15) is 6.61 Å². The van der Waals surface area contributed by atoms with Gasteiger partial charge in [-0.2, -0.15) is 0 Å². The van der Waals surface area contributed by atoms with Crippen molar-refractivity contribution in [2.24, 2.45) is 5.73 Å². The van der Waals surface area contributed by atoms with Gasteiger partial charge >= 0.3 is 19.8 Å². The standard InChI is InChI=1S/C52H98NO8P/c1-3-5-7-9-11-13-15-17-19-20-21-22-23-24-25-26-27-28-29-30-31-33-35-37-39-41-43-45-52(55)61-50(49-60-62(56,57)59-47-46-53)48-58-51(54)44-42-40-38-36-34-32-18-16-14-12-10-8-6-4-2/h15-18,20-21,50H,3-14,19,22-49,53H2,1-2H3,(H,56,57)/b17-15-,18-16-,21-20-. The molecule has 62 heavy (non-hydrogen) atoms. The number of ether oxygens (including phenoxy) is 2. The number of carbonyl (C=O) groups is 2. The second-order valence-corrected chi connectivity index (χ2v) is 18.8. The summed E-state index contributed by atoms with van der Waals surface area (Å²) in [6.07, 6.45) is 56.2. The van der Waals surface area contributed by atoms with E-state index in [0.717, 1.165) is 64.2 Å². The van der Waals surface area contributed by atoms with E-state index in [4.69, 9.17) is 24.3 Å². The number of unbranched alkanes of at least 4 members (excludes halogenated alkanes) is 30. The molecule has 0 aromatic heterocycles. The van der Waals surface area contributed by atoms with Crippen LogP contribution in [0, 0.1) is 0 Å². The normalized spacial score (nSPS) is 13.4. The monoisotopic (exact) mass is 896 g/mol. The third-order valence-electron chi connectivity index (χ3n) is 11.2. The summed E-state index contributed by atoms with van der Waals surface area (Å²) in [5, 5.41) is 0. The molecule has 0 bridgehead atoms. The van der Waals surface area contributed by atoms with Crippen molar-refractivity contribution in [2.75, 3.05) is 26.4 Å². The fourth-order valence-electron chi connectivity index (χ4n) is 7.37. The van der Waals surface area contributed by atoms with Crippen LogP contribution in [0.2, 0.25) is 0 Å². The van der Waals surface area contributed by atoms with Gasteiger partial charge in [-0.1, -0.05) is 204 Å². The van der Waals surface area contributed by atoms with Gasteiger partial charge in [-0.3, -0.25) is 18.6 Å². The molecule has 0 radical (unpaired) electrons. The van der Waals surface area contributed by atoms with Crippen LogP contribution in [0.25, 0.3) is 0 Å². The lowest BCUT2D eigenvalue weighted by Gasteiger charge is -2.19. The summed E-state index contributed by atoms with van der Waals surface area (Å²) in [6.45, 7) is 3.73. The van der Waals surface area contributed by atoms with Crippen LogP contribution < -0.4 is 5.73 Å². The molecule has 0 amide bonds. The van der Waals surface area contributed by atoms with E-state index in [0.29, 0.717) is 6.42 Å². The summed E-state index contributed by atoms with van der Waals surface area (Å²) >= 11 is 0. The van der Waals surface area contributed by atoms with Crippen molar-refractivity contribution in [2.45, 2.75) is 258 Å². The van der Waals surface area contributed by atoms with Gasteiger partial charge in [-0.25, -0.2) is 4.57 Å². The predicted molar refractivity (Wildman–Crippen MR) is 261 cm³/mol. The Balaban J connectivity index is 3.96. The lowest BCUT2D eigenvalue weighted by molar-refractivity contribution is -0.161. The van der Waals surface area contributed by atoms with Crippen molar-refractivity contribution in [3.63, 3.8) is 0 Å². The Hall–Kier alpha value is -1.77. The van der Waals surface area contributed by atoms with Gasteiger partial charge in [0.25, 0.3) is 0 Å². The lowest BCUT2D eigenvalue weighted by atomic mass is 10.0. The van der Waals surface area contributed by atoms with E-state index in [1.807, 2.05) is 0 Å². The Morgan fingerprint density at radius 1 is 0.484 bits per heavy atom. The average Bonchev–Trinajstić information content (AvgIpc) is 3.26. The molecule has 0 aromatic carbocycles. The predicted octanol–water partition coefficient (Wildman–Crippen LogP) is 15.7. The van der Waals surface area contributed by atoms with E-state index in [1.54, 1.807) is 0 Å². The number of rotatable bonds is 49. The SMILES string of the molecule is CCCCCCC/C=C\C/C=C\CCCCCCCCCCCCCCCCCC(=O)OC(COC(=O)CCCCCCC/C=C\CCCCCCC)COP(=O)(O)OCCN. The third-order valence-corrected chi connectivity index (χ3v) is 12.2. The molecule has 10 heteroatoms. The van der Waals surface area contributed by atoms with Crippen molar-refractivity contribution < 1.29 is 37.6 Å². The van der Waals surface area contributed by atoms with Gasteiger partial charge in [-0.15, -0.1) is 0 Å². The highest BCUT2D eigenvalue weighted by Gasteiger charge is 2.26. The maximum atomic E-state index is 12.7. The number of phosphoric ester groups is 1. The summed E-state index contributed by atoms with van der Waals surface area (Å²) < 4.78 is 32.9. The van der Waals surface area contributed by atoms with Crippen LogP contribution >= 0.6 is 7.82 Å². The summed E-state index contributed by atoms with van der Waals surface area (Å²) in [7, 11) is -4.38. The van der Waals surface area contributed by atoms with E-state index in [1.165, 1.54) is 154 Å². The Morgan fingerprint density at radius 2 is 0.839 bits per heavy atom. The maximum Gasteiger partial charge on any atom is 0.472 e. The first-order valence-corrected chi connectivity index (χ1v) is 27.5. The zero-order chi connectivity index (χ0) is 45.3. The largest absolute Gasteiger partial charge is 0.472 e. The number of hydrogen-bond donors (Lipinski definition) is 2. The average molecular weight is 896 g/mol. The molecule has 0 heterocycles. The van der Waals surface area contributed by atoms with Crippen LogP contribution in [0.3, 0.4) is 0 Å². The van der Waals surface area contributed by atoms with Crippen LogP contribution in [0.1, 0.15) is 251 Å². The van der Waals surface area contributed by atoms with Crippen LogP contribution in [0.5, 0.6) is 0 Å². The van der Waals surface area contributed by atoms with Crippen molar-refractivity contribution in [3.8, 4) is 0 Å². The fraction of sp³-hybridized carbons (Fsp3) is 0.846. The highest BCUT2D eigenvalue weighted by Crippen LogP contribution is 2.43. The van der Waals surface area contributed by atoms with Gasteiger partial charge in [0.05, 0.1) is 13.2 Å². The Kier molecular flexibility index (Phi) is 47.3. The van der Waals surface area contributed by atoms with Crippen LogP contribution in [0.15, 0.2) is 36.5 Å². The van der Waals surface area contributed by atoms with Crippen molar-refractivity contribution >= 4 is 19.8 Å². The minimum absolute atomic E-state index is 0.0530. The van der Waals surface area contributed by atoms with Gasteiger partial charge < -0.3 is 20.1 Å². The van der Waals surface area contributed by atoms with Crippen molar-refractivity contribution in [1.82, 2.24) is 0 Å². The molecule has 2 atom stereocenters. The minimum atomic E-state index is -4.38. The molecule has 3 N–H and O–H groups in total. The zero-order valence-corrected chi connectivity index (χ0v) is 41.3. The quantitative estimate of drug-likeness (QED) is 0.0265. The maximum absolute atomic E-state index is 12.7. The molecular formula is C52H98NO8P. The van der Waals surface area contributed by atoms with Crippen molar-refractivity contribution in [3.05, 3.63) is 36.5 Å². The van der Waals surface area contributed by atoms with E-state index >= 15 is 0 Å².